The Labute approximate surface area is 134 Å². The lowest BCUT2D eigenvalue weighted by molar-refractivity contribution is 0.188. The first-order valence-electron chi connectivity index (χ1n) is 7.26. The minimum atomic E-state index is 0.630. The maximum Gasteiger partial charge on any atom is 0.224 e. The molecule has 21 heavy (non-hydrogen) atoms. The summed E-state index contributed by atoms with van der Waals surface area (Å²) in [6, 6.07) is 4.17. The van der Waals surface area contributed by atoms with Gasteiger partial charge in [0.05, 0.1) is 12.1 Å². The van der Waals surface area contributed by atoms with Gasteiger partial charge >= 0.3 is 0 Å². The monoisotopic (exact) mass is 323 g/mol. The lowest BCUT2D eigenvalue weighted by Crippen LogP contribution is -2.28. The maximum atomic E-state index is 6.04. The second kappa shape index (κ2) is 6.77. The van der Waals surface area contributed by atoms with Crippen LogP contribution in [0.15, 0.2) is 40.7 Å². The Bertz CT molecular complexity index is 539. The van der Waals surface area contributed by atoms with Crippen molar-refractivity contribution in [2.24, 2.45) is 0 Å². The van der Waals surface area contributed by atoms with Gasteiger partial charge in [-0.1, -0.05) is 12.1 Å². The summed E-state index contributed by atoms with van der Waals surface area (Å²) < 4.78 is 11.6. The summed E-state index contributed by atoms with van der Waals surface area (Å²) in [6.07, 6.45) is 3.45. The average molecular weight is 323 g/mol. The molecule has 2 aliphatic heterocycles. The summed E-state index contributed by atoms with van der Waals surface area (Å²) in [5, 5.41) is 2.09. The van der Waals surface area contributed by atoms with Crippen LogP contribution in [0, 0.1) is 0 Å². The van der Waals surface area contributed by atoms with Crippen molar-refractivity contribution in [3.63, 3.8) is 0 Å². The predicted molar refractivity (Wildman–Crippen MR) is 89.4 cm³/mol. The molecule has 2 aliphatic rings. The summed E-state index contributed by atoms with van der Waals surface area (Å²) in [5.74, 6) is 0.900. The lowest BCUT2D eigenvalue weighted by Gasteiger charge is -2.26. The zero-order chi connectivity index (χ0) is 14.7. The highest BCUT2D eigenvalue weighted by molar-refractivity contribution is 7.95. The number of thiophene rings is 1. The molecule has 3 heterocycles. The lowest BCUT2D eigenvalue weighted by atomic mass is 10.1. The van der Waals surface area contributed by atoms with Crippen LogP contribution >= 0.6 is 23.5 Å². The second-order valence-electron chi connectivity index (χ2n) is 5.19. The van der Waals surface area contributed by atoms with Gasteiger partial charge in [-0.25, -0.2) is 0 Å². The van der Waals surface area contributed by atoms with Gasteiger partial charge in [0.15, 0.2) is 0 Å². The van der Waals surface area contributed by atoms with E-state index in [0.717, 1.165) is 31.9 Å². The van der Waals surface area contributed by atoms with Crippen molar-refractivity contribution in [2.75, 3.05) is 26.7 Å². The zero-order valence-corrected chi connectivity index (χ0v) is 14.1. The summed E-state index contributed by atoms with van der Waals surface area (Å²) in [7, 11) is 2.17. The number of likely N-dealkylation sites (N-methyl/N-ethyl adjacent to an activating group) is 2. The number of hydrogen-bond donors (Lipinski definition) is 1. The minimum absolute atomic E-state index is 0.630. The molecule has 0 saturated carbocycles. The van der Waals surface area contributed by atoms with Crippen LogP contribution in [-0.2, 0) is 11.3 Å². The van der Waals surface area contributed by atoms with E-state index in [0.29, 0.717) is 6.61 Å². The Kier molecular flexibility index (Phi) is 4.77. The van der Waals surface area contributed by atoms with E-state index in [-0.39, 0.29) is 0 Å². The van der Waals surface area contributed by atoms with Crippen LogP contribution in [0.5, 0.6) is 0 Å². The van der Waals surface area contributed by atoms with Gasteiger partial charge in [0.2, 0.25) is 5.88 Å². The Hall–Kier alpha value is -1.11. The summed E-state index contributed by atoms with van der Waals surface area (Å²) in [6.45, 7) is 5.88. The van der Waals surface area contributed by atoms with Gasteiger partial charge in [0.1, 0.15) is 12.3 Å². The predicted octanol–water partition coefficient (Wildman–Crippen LogP) is 3.18. The Morgan fingerprint density at radius 2 is 2.33 bits per heavy atom. The van der Waals surface area contributed by atoms with Crippen molar-refractivity contribution in [2.45, 2.75) is 20.0 Å². The van der Waals surface area contributed by atoms with E-state index in [9.17, 15) is 0 Å². The van der Waals surface area contributed by atoms with Crippen LogP contribution in [0.4, 0.5) is 0 Å². The number of nitrogens with zero attached hydrogens (tertiary/aromatic N) is 2. The highest BCUT2D eigenvalue weighted by Gasteiger charge is 2.28. The number of nitrogens with one attached hydrogen (secondary N) is 1. The molecule has 0 aromatic carbocycles. The van der Waals surface area contributed by atoms with Crippen LogP contribution in [0.1, 0.15) is 18.2 Å². The van der Waals surface area contributed by atoms with E-state index in [1.165, 1.54) is 16.1 Å². The minimum Gasteiger partial charge on any atom is -0.471 e. The fourth-order valence-corrected chi connectivity index (χ4v) is 3.92. The molecule has 0 radical (unpaired) electrons. The normalized spacial score (nSPS) is 19.7. The van der Waals surface area contributed by atoms with Crippen molar-refractivity contribution in [3.05, 3.63) is 45.6 Å². The van der Waals surface area contributed by atoms with E-state index < -0.39 is 0 Å². The van der Waals surface area contributed by atoms with Crippen molar-refractivity contribution < 1.29 is 4.74 Å². The smallest absolute Gasteiger partial charge is 0.224 e. The first-order valence-corrected chi connectivity index (χ1v) is 8.91. The SMILES string of the molecule is CCN1SNC(OCc2cccs2)=C1C1=CCCN(C)C1. The molecule has 4 nitrogen and oxygen atoms in total. The van der Waals surface area contributed by atoms with Crippen molar-refractivity contribution >= 4 is 23.5 Å². The summed E-state index contributed by atoms with van der Waals surface area (Å²) in [4.78, 5) is 3.61. The molecule has 0 fully saturated rings. The van der Waals surface area contributed by atoms with E-state index in [4.69, 9.17) is 4.74 Å². The van der Waals surface area contributed by atoms with Gasteiger partial charge < -0.3 is 9.64 Å². The van der Waals surface area contributed by atoms with E-state index in [1.54, 1.807) is 23.5 Å². The Morgan fingerprint density at radius 3 is 3.05 bits per heavy atom. The van der Waals surface area contributed by atoms with Crippen LogP contribution in [0.25, 0.3) is 0 Å². The van der Waals surface area contributed by atoms with Crippen LogP contribution in [0.2, 0.25) is 0 Å². The molecule has 1 N–H and O–H groups in total. The van der Waals surface area contributed by atoms with Crippen molar-refractivity contribution in [1.29, 1.82) is 0 Å². The highest BCUT2D eigenvalue weighted by Crippen LogP contribution is 2.33. The Morgan fingerprint density at radius 1 is 1.43 bits per heavy atom. The third kappa shape index (κ3) is 3.39. The topological polar surface area (TPSA) is 27.7 Å². The first-order chi connectivity index (χ1) is 10.3. The fourth-order valence-electron chi connectivity index (χ4n) is 2.53. The quantitative estimate of drug-likeness (QED) is 0.840. The number of rotatable bonds is 5. The molecule has 0 unspecified atom stereocenters. The molecule has 114 valence electrons. The molecule has 1 aromatic rings. The van der Waals surface area contributed by atoms with Crippen LogP contribution in [0.3, 0.4) is 0 Å². The molecule has 3 rings (SSSR count). The third-order valence-electron chi connectivity index (χ3n) is 3.59. The van der Waals surface area contributed by atoms with Crippen LogP contribution < -0.4 is 4.72 Å². The average Bonchev–Trinajstić information content (AvgIpc) is 3.14. The summed E-state index contributed by atoms with van der Waals surface area (Å²) in [5.41, 5.74) is 2.58. The van der Waals surface area contributed by atoms with E-state index >= 15 is 0 Å². The highest BCUT2D eigenvalue weighted by atomic mass is 32.2. The number of hydrogen-bond acceptors (Lipinski definition) is 6. The molecule has 6 heteroatoms. The standard InChI is InChI=1S/C15H21N3OS2/c1-3-18-14(12-6-4-8-17(2)10-12)15(16-21-18)19-11-13-7-5-9-20-13/h5-7,9,16H,3-4,8,10-11H2,1-2H3. The molecule has 1 aromatic heterocycles. The molecule has 0 saturated heterocycles. The molecule has 0 amide bonds. The molecule has 0 bridgehead atoms. The molecule has 0 aliphatic carbocycles. The third-order valence-corrected chi connectivity index (χ3v) is 5.37. The van der Waals surface area contributed by atoms with Gasteiger partial charge in [0.25, 0.3) is 0 Å². The van der Waals surface area contributed by atoms with Gasteiger partial charge in [-0.15, -0.1) is 11.3 Å². The van der Waals surface area contributed by atoms with Gasteiger partial charge in [-0.3, -0.25) is 9.03 Å². The zero-order valence-electron chi connectivity index (χ0n) is 12.5. The fraction of sp³-hybridized carbons (Fsp3) is 0.467. The number of ether oxygens (including phenoxy) is 1. The first kappa shape index (κ1) is 14.8. The summed E-state index contributed by atoms with van der Waals surface area (Å²) >= 11 is 3.35. The maximum absolute atomic E-state index is 6.04. The van der Waals surface area contributed by atoms with Crippen molar-refractivity contribution in [1.82, 2.24) is 13.9 Å². The molecular formula is C15H21N3OS2. The Balaban J connectivity index is 1.79. The van der Waals surface area contributed by atoms with Gasteiger partial charge in [-0.2, -0.15) is 0 Å². The molecule has 0 atom stereocenters. The van der Waals surface area contributed by atoms with E-state index in [2.05, 4.69) is 51.5 Å². The largest absolute Gasteiger partial charge is 0.471 e. The van der Waals surface area contributed by atoms with Crippen LogP contribution in [-0.4, -0.2) is 35.9 Å². The molecular weight excluding hydrogens is 302 g/mol. The van der Waals surface area contributed by atoms with Gasteiger partial charge in [-0.05, 0) is 37.4 Å². The van der Waals surface area contributed by atoms with Crippen molar-refractivity contribution in [3.8, 4) is 0 Å². The molecule has 0 spiro atoms. The van der Waals surface area contributed by atoms with Gasteiger partial charge in [0, 0.05) is 24.5 Å². The second-order valence-corrected chi connectivity index (χ2v) is 7.05. The van der Waals surface area contributed by atoms with E-state index in [1.807, 2.05) is 0 Å².